The SMILES string of the molecule is CCC1CN(C(=O)C2Cc3ccccc3O2)CCC1O. The maximum atomic E-state index is 12.6. The molecule has 2 aliphatic rings. The number of benzene rings is 1. The molecule has 2 aliphatic heterocycles. The lowest BCUT2D eigenvalue weighted by Gasteiger charge is -2.36. The quantitative estimate of drug-likeness (QED) is 0.892. The van der Waals surface area contributed by atoms with Crippen LogP contribution in [0.15, 0.2) is 24.3 Å². The Morgan fingerprint density at radius 3 is 3.00 bits per heavy atom. The van der Waals surface area contributed by atoms with Crippen molar-refractivity contribution in [2.24, 2.45) is 5.92 Å². The molecule has 1 saturated heterocycles. The summed E-state index contributed by atoms with van der Waals surface area (Å²) in [5.74, 6) is 1.08. The number of hydrogen-bond donors (Lipinski definition) is 1. The van der Waals surface area contributed by atoms with Gasteiger partial charge < -0.3 is 14.7 Å². The van der Waals surface area contributed by atoms with E-state index >= 15 is 0 Å². The Labute approximate surface area is 119 Å². The van der Waals surface area contributed by atoms with Crippen molar-refractivity contribution in [1.82, 2.24) is 4.90 Å². The van der Waals surface area contributed by atoms with Gasteiger partial charge in [-0.15, -0.1) is 0 Å². The minimum absolute atomic E-state index is 0.0616. The number of piperidine rings is 1. The Morgan fingerprint density at radius 1 is 1.45 bits per heavy atom. The van der Waals surface area contributed by atoms with Crippen LogP contribution in [-0.4, -0.2) is 41.2 Å². The molecule has 1 fully saturated rings. The van der Waals surface area contributed by atoms with Gasteiger partial charge in [0.2, 0.25) is 0 Å². The first-order valence-corrected chi connectivity index (χ1v) is 7.40. The van der Waals surface area contributed by atoms with Crippen LogP contribution in [0.2, 0.25) is 0 Å². The minimum Gasteiger partial charge on any atom is -0.480 e. The van der Waals surface area contributed by atoms with Crippen molar-refractivity contribution in [3.63, 3.8) is 0 Å². The van der Waals surface area contributed by atoms with E-state index in [2.05, 4.69) is 6.92 Å². The summed E-state index contributed by atoms with van der Waals surface area (Å²) in [5.41, 5.74) is 1.11. The maximum absolute atomic E-state index is 12.6. The smallest absolute Gasteiger partial charge is 0.264 e. The molecule has 1 N–H and O–H groups in total. The van der Waals surface area contributed by atoms with E-state index < -0.39 is 0 Å². The van der Waals surface area contributed by atoms with Crippen LogP contribution in [0.3, 0.4) is 0 Å². The van der Waals surface area contributed by atoms with Gasteiger partial charge in [-0.2, -0.15) is 0 Å². The minimum atomic E-state index is -0.389. The van der Waals surface area contributed by atoms with Crippen molar-refractivity contribution in [2.45, 2.75) is 38.4 Å². The van der Waals surface area contributed by atoms with Gasteiger partial charge in [0, 0.05) is 25.4 Å². The fraction of sp³-hybridized carbons (Fsp3) is 0.562. The maximum Gasteiger partial charge on any atom is 0.264 e. The van der Waals surface area contributed by atoms with E-state index in [9.17, 15) is 9.90 Å². The molecule has 0 bridgehead atoms. The van der Waals surface area contributed by atoms with Crippen LogP contribution >= 0.6 is 0 Å². The van der Waals surface area contributed by atoms with E-state index in [-0.39, 0.29) is 24.0 Å². The van der Waals surface area contributed by atoms with Gasteiger partial charge in [-0.1, -0.05) is 25.1 Å². The predicted octanol–water partition coefficient (Wildman–Crippen LogP) is 1.61. The summed E-state index contributed by atoms with van der Waals surface area (Å²) in [7, 11) is 0. The molecule has 3 rings (SSSR count). The van der Waals surface area contributed by atoms with Gasteiger partial charge in [-0.05, 0) is 24.5 Å². The number of aliphatic hydroxyl groups is 1. The molecule has 0 aromatic heterocycles. The molecule has 3 unspecified atom stereocenters. The van der Waals surface area contributed by atoms with Gasteiger partial charge in [-0.3, -0.25) is 4.79 Å². The monoisotopic (exact) mass is 275 g/mol. The third-order valence-corrected chi connectivity index (χ3v) is 4.45. The zero-order chi connectivity index (χ0) is 14.1. The third kappa shape index (κ3) is 2.40. The largest absolute Gasteiger partial charge is 0.480 e. The van der Waals surface area contributed by atoms with Gasteiger partial charge in [-0.25, -0.2) is 0 Å². The number of likely N-dealkylation sites (tertiary alicyclic amines) is 1. The van der Waals surface area contributed by atoms with Crippen molar-refractivity contribution in [2.75, 3.05) is 13.1 Å². The second-order valence-corrected chi connectivity index (χ2v) is 5.73. The molecule has 1 aromatic carbocycles. The Bertz CT molecular complexity index is 477. The molecule has 108 valence electrons. The highest BCUT2D eigenvalue weighted by atomic mass is 16.5. The van der Waals surface area contributed by atoms with Crippen LogP contribution in [-0.2, 0) is 11.2 Å². The average Bonchev–Trinajstić information content (AvgIpc) is 2.91. The molecule has 2 heterocycles. The summed E-state index contributed by atoms with van der Waals surface area (Å²) in [6.45, 7) is 3.34. The van der Waals surface area contributed by atoms with E-state index in [1.54, 1.807) is 0 Å². The number of aliphatic hydroxyl groups excluding tert-OH is 1. The Hall–Kier alpha value is -1.55. The Balaban J connectivity index is 1.66. The van der Waals surface area contributed by atoms with E-state index in [4.69, 9.17) is 4.74 Å². The first kappa shape index (κ1) is 13.4. The van der Waals surface area contributed by atoms with Gasteiger partial charge in [0.05, 0.1) is 6.10 Å². The van der Waals surface area contributed by atoms with E-state index in [1.807, 2.05) is 29.2 Å². The number of rotatable bonds is 2. The lowest BCUT2D eigenvalue weighted by molar-refractivity contribution is -0.141. The average molecular weight is 275 g/mol. The molecule has 0 aliphatic carbocycles. The van der Waals surface area contributed by atoms with Crippen LogP contribution in [0.5, 0.6) is 5.75 Å². The Kier molecular flexibility index (Phi) is 3.66. The molecule has 0 radical (unpaired) electrons. The topological polar surface area (TPSA) is 49.8 Å². The standard InChI is InChI=1S/C16H21NO3/c1-2-11-10-17(8-7-13(11)18)16(19)15-9-12-5-3-4-6-14(12)20-15/h3-6,11,13,15,18H,2,7-10H2,1H3. The second-order valence-electron chi connectivity index (χ2n) is 5.73. The van der Waals surface area contributed by atoms with Gasteiger partial charge in [0.15, 0.2) is 6.10 Å². The zero-order valence-electron chi connectivity index (χ0n) is 11.8. The molecule has 0 saturated carbocycles. The lowest BCUT2D eigenvalue weighted by Crippen LogP contribution is -2.50. The molecule has 20 heavy (non-hydrogen) atoms. The van der Waals surface area contributed by atoms with Gasteiger partial charge in [0.25, 0.3) is 5.91 Å². The molecule has 1 aromatic rings. The van der Waals surface area contributed by atoms with Crippen LogP contribution in [0.4, 0.5) is 0 Å². The first-order chi connectivity index (χ1) is 9.69. The molecular weight excluding hydrogens is 254 g/mol. The Morgan fingerprint density at radius 2 is 2.25 bits per heavy atom. The molecule has 1 amide bonds. The normalized spacial score (nSPS) is 28.9. The van der Waals surface area contributed by atoms with Crippen molar-refractivity contribution in [3.05, 3.63) is 29.8 Å². The number of nitrogens with zero attached hydrogens (tertiary/aromatic N) is 1. The van der Waals surface area contributed by atoms with Crippen molar-refractivity contribution >= 4 is 5.91 Å². The van der Waals surface area contributed by atoms with E-state index in [0.717, 1.165) is 17.7 Å². The molecule has 0 spiro atoms. The second kappa shape index (κ2) is 5.44. The van der Waals surface area contributed by atoms with Gasteiger partial charge in [0.1, 0.15) is 5.75 Å². The molecular formula is C16H21NO3. The summed E-state index contributed by atoms with van der Waals surface area (Å²) in [5, 5.41) is 9.91. The summed E-state index contributed by atoms with van der Waals surface area (Å²) < 4.78 is 5.76. The fourth-order valence-corrected chi connectivity index (χ4v) is 3.14. The predicted molar refractivity (Wildman–Crippen MR) is 75.5 cm³/mol. The summed E-state index contributed by atoms with van der Waals surface area (Å²) in [4.78, 5) is 14.4. The summed E-state index contributed by atoms with van der Waals surface area (Å²) in [6, 6.07) is 7.82. The highest BCUT2D eigenvalue weighted by Gasteiger charge is 2.36. The highest BCUT2D eigenvalue weighted by molar-refractivity contribution is 5.82. The van der Waals surface area contributed by atoms with Gasteiger partial charge >= 0.3 is 0 Å². The van der Waals surface area contributed by atoms with E-state index in [1.165, 1.54) is 0 Å². The number of hydrogen-bond acceptors (Lipinski definition) is 3. The van der Waals surface area contributed by atoms with Crippen LogP contribution in [0, 0.1) is 5.92 Å². The molecule has 4 heteroatoms. The fourth-order valence-electron chi connectivity index (χ4n) is 3.14. The molecule has 4 nitrogen and oxygen atoms in total. The van der Waals surface area contributed by atoms with Crippen molar-refractivity contribution < 1.29 is 14.6 Å². The summed E-state index contributed by atoms with van der Waals surface area (Å²) in [6.07, 6.45) is 1.57. The van der Waals surface area contributed by atoms with Crippen LogP contribution in [0.25, 0.3) is 0 Å². The third-order valence-electron chi connectivity index (χ3n) is 4.45. The number of para-hydroxylation sites is 1. The molecule has 3 atom stereocenters. The van der Waals surface area contributed by atoms with E-state index in [0.29, 0.717) is 25.9 Å². The van der Waals surface area contributed by atoms with Crippen molar-refractivity contribution in [3.8, 4) is 5.75 Å². The van der Waals surface area contributed by atoms with Crippen LogP contribution in [0.1, 0.15) is 25.3 Å². The van der Waals surface area contributed by atoms with Crippen LogP contribution < -0.4 is 4.74 Å². The zero-order valence-corrected chi connectivity index (χ0v) is 11.8. The number of ether oxygens (including phenoxy) is 1. The summed E-state index contributed by atoms with van der Waals surface area (Å²) >= 11 is 0. The number of carbonyl (C=O) groups is 1. The number of amides is 1. The lowest BCUT2D eigenvalue weighted by atomic mass is 9.92. The number of fused-ring (bicyclic) bond motifs is 1. The first-order valence-electron chi connectivity index (χ1n) is 7.40. The number of carbonyl (C=O) groups excluding carboxylic acids is 1. The van der Waals surface area contributed by atoms with Crippen molar-refractivity contribution in [1.29, 1.82) is 0 Å². The highest BCUT2D eigenvalue weighted by Crippen LogP contribution is 2.30.